The molecule has 0 saturated carbocycles. The van der Waals surface area contributed by atoms with Crippen molar-refractivity contribution in [3.63, 3.8) is 0 Å². The van der Waals surface area contributed by atoms with Crippen LogP contribution in [0.3, 0.4) is 0 Å². The Hall–Kier alpha value is -1.59. The number of hydrogen-bond donors (Lipinski definition) is 2. The number of nitrogens with one attached hydrogen (secondary N) is 1. The lowest BCUT2D eigenvalue weighted by molar-refractivity contribution is 0.0952. The van der Waals surface area contributed by atoms with Crippen LogP contribution in [0, 0.1) is 12.8 Å². The number of carbonyl (C=O) groups excluding carboxylic acids is 1. The van der Waals surface area contributed by atoms with Crippen LogP contribution in [0.5, 0.6) is 5.75 Å². The molecule has 5 heteroatoms. The minimum atomic E-state index is -0.0250. The van der Waals surface area contributed by atoms with Crippen molar-refractivity contribution in [1.82, 2.24) is 5.32 Å². The first-order valence-electron chi connectivity index (χ1n) is 6.62. The van der Waals surface area contributed by atoms with Gasteiger partial charge >= 0.3 is 0 Å². The number of hydrogen-bond acceptors (Lipinski definition) is 4. The number of carbonyl (C=O) groups is 1. The minimum Gasteiger partial charge on any atom is -0.497 e. The average molecular weight is 292 g/mol. The van der Waals surface area contributed by atoms with Gasteiger partial charge in [-0.25, -0.2) is 0 Å². The van der Waals surface area contributed by atoms with Gasteiger partial charge in [-0.2, -0.15) is 0 Å². The van der Waals surface area contributed by atoms with E-state index in [0.29, 0.717) is 13.1 Å². The summed E-state index contributed by atoms with van der Waals surface area (Å²) >= 11 is 1.51. The zero-order valence-corrected chi connectivity index (χ0v) is 12.8. The molecule has 0 aliphatic carbocycles. The molecule has 3 N–H and O–H groups in total. The molecule has 1 amide bonds. The van der Waals surface area contributed by atoms with Crippen LogP contribution >= 0.6 is 11.3 Å². The van der Waals surface area contributed by atoms with Gasteiger partial charge in [-0.15, -0.1) is 11.3 Å². The summed E-state index contributed by atoms with van der Waals surface area (Å²) in [4.78, 5) is 13.0. The summed E-state index contributed by atoms with van der Waals surface area (Å²) in [6.07, 6.45) is 0. The molecule has 0 aliphatic rings. The Kier molecular flexibility index (Phi) is 4.62. The van der Waals surface area contributed by atoms with Gasteiger partial charge in [0.2, 0.25) is 0 Å². The first-order valence-corrected chi connectivity index (χ1v) is 7.43. The van der Waals surface area contributed by atoms with E-state index in [0.717, 1.165) is 26.3 Å². The predicted molar refractivity (Wildman–Crippen MR) is 83.7 cm³/mol. The maximum atomic E-state index is 12.2. The van der Waals surface area contributed by atoms with E-state index >= 15 is 0 Å². The Labute approximate surface area is 122 Å². The van der Waals surface area contributed by atoms with Gasteiger partial charge < -0.3 is 15.8 Å². The van der Waals surface area contributed by atoms with Crippen molar-refractivity contribution in [2.75, 3.05) is 20.2 Å². The topological polar surface area (TPSA) is 64.3 Å². The van der Waals surface area contributed by atoms with Crippen molar-refractivity contribution in [1.29, 1.82) is 0 Å². The molecule has 2 rings (SSSR count). The largest absolute Gasteiger partial charge is 0.497 e. The first kappa shape index (κ1) is 14.8. The molecule has 1 atom stereocenters. The zero-order valence-electron chi connectivity index (χ0n) is 12.0. The Morgan fingerprint density at radius 3 is 2.90 bits per heavy atom. The number of methoxy groups -OCH3 is 1. The summed E-state index contributed by atoms with van der Waals surface area (Å²) in [6, 6.07) is 5.88. The molecule has 1 aromatic heterocycles. The second-order valence-corrected chi connectivity index (χ2v) is 6.02. The Morgan fingerprint density at radius 2 is 2.25 bits per heavy atom. The molecular formula is C15H20N2O2S. The molecule has 0 aliphatic heterocycles. The monoisotopic (exact) mass is 292 g/mol. The van der Waals surface area contributed by atoms with Gasteiger partial charge in [-0.05, 0) is 48.5 Å². The van der Waals surface area contributed by atoms with Gasteiger partial charge in [0.15, 0.2) is 0 Å². The lowest BCUT2D eigenvalue weighted by Gasteiger charge is -2.09. The molecule has 0 fully saturated rings. The fourth-order valence-electron chi connectivity index (χ4n) is 1.97. The SMILES string of the molecule is COc1ccc2sc(C(=O)NCC(C)CN)c(C)c2c1. The van der Waals surface area contributed by atoms with E-state index in [-0.39, 0.29) is 11.8 Å². The molecule has 108 valence electrons. The molecule has 0 saturated heterocycles. The number of benzene rings is 1. The van der Waals surface area contributed by atoms with E-state index in [4.69, 9.17) is 10.5 Å². The fraction of sp³-hybridized carbons (Fsp3) is 0.400. The summed E-state index contributed by atoms with van der Waals surface area (Å²) in [5, 5.41) is 4.02. The number of nitrogens with two attached hydrogens (primary N) is 1. The van der Waals surface area contributed by atoms with Crippen LogP contribution in [0.1, 0.15) is 22.2 Å². The lowest BCUT2D eigenvalue weighted by Crippen LogP contribution is -2.31. The van der Waals surface area contributed by atoms with Crippen LogP contribution in [0.25, 0.3) is 10.1 Å². The summed E-state index contributed by atoms with van der Waals surface area (Å²) in [7, 11) is 1.64. The number of fused-ring (bicyclic) bond motifs is 1. The maximum Gasteiger partial charge on any atom is 0.261 e. The van der Waals surface area contributed by atoms with Crippen molar-refractivity contribution in [3.8, 4) is 5.75 Å². The van der Waals surface area contributed by atoms with Crippen molar-refractivity contribution in [2.45, 2.75) is 13.8 Å². The first-order chi connectivity index (χ1) is 9.56. The van der Waals surface area contributed by atoms with E-state index < -0.39 is 0 Å². The quantitative estimate of drug-likeness (QED) is 0.890. The van der Waals surface area contributed by atoms with Crippen LogP contribution in [0.15, 0.2) is 18.2 Å². The average Bonchev–Trinajstić information content (AvgIpc) is 2.81. The van der Waals surface area contributed by atoms with Crippen LogP contribution < -0.4 is 15.8 Å². The third-order valence-electron chi connectivity index (χ3n) is 3.36. The second kappa shape index (κ2) is 6.24. The molecule has 1 heterocycles. The highest BCUT2D eigenvalue weighted by Gasteiger charge is 2.16. The Morgan fingerprint density at radius 1 is 1.50 bits per heavy atom. The van der Waals surface area contributed by atoms with Crippen molar-refractivity contribution >= 4 is 27.3 Å². The highest BCUT2D eigenvalue weighted by atomic mass is 32.1. The summed E-state index contributed by atoms with van der Waals surface area (Å²) in [6.45, 7) is 5.16. The molecule has 1 aromatic carbocycles. The zero-order chi connectivity index (χ0) is 14.7. The van der Waals surface area contributed by atoms with Crippen molar-refractivity contribution < 1.29 is 9.53 Å². The van der Waals surface area contributed by atoms with Crippen LogP contribution in [0.2, 0.25) is 0 Å². The summed E-state index contributed by atoms with van der Waals surface area (Å²) in [5.41, 5.74) is 6.56. The van der Waals surface area contributed by atoms with Crippen molar-refractivity contribution in [2.24, 2.45) is 11.7 Å². The molecular weight excluding hydrogens is 272 g/mol. The molecule has 0 spiro atoms. The normalized spacial score (nSPS) is 12.4. The maximum absolute atomic E-state index is 12.2. The molecule has 0 bridgehead atoms. The van der Waals surface area contributed by atoms with Gasteiger partial charge in [0.25, 0.3) is 5.91 Å². The van der Waals surface area contributed by atoms with Gasteiger partial charge in [0.05, 0.1) is 12.0 Å². The molecule has 20 heavy (non-hydrogen) atoms. The summed E-state index contributed by atoms with van der Waals surface area (Å²) < 4.78 is 6.33. The highest BCUT2D eigenvalue weighted by molar-refractivity contribution is 7.21. The second-order valence-electron chi connectivity index (χ2n) is 4.97. The minimum absolute atomic E-state index is 0.0250. The number of amides is 1. The van der Waals surface area contributed by atoms with E-state index in [9.17, 15) is 4.79 Å². The van der Waals surface area contributed by atoms with E-state index in [1.807, 2.05) is 32.0 Å². The Bertz CT molecular complexity index is 622. The lowest BCUT2D eigenvalue weighted by atomic mass is 10.1. The molecule has 4 nitrogen and oxygen atoms in total. The number of rotatable bonds is 5. The number of thiophene rings is 1. The van der Waals surface area contributed by atoms with Gasteiger partial charge in [0, 0.05) is 11.2 Å². The number of aryl methyl sites for hydroxylation is 1. The van der Waals surface area contributed by atoms with Gasteiger partial charge in [-0.1, -0.05) is 6.92 Å². The molecule has 0 radical (unpaired) electrons. The Balaban J connectivity index is 2.26. The molecule has 2 aromatic rings. The van der Waals surface area contributed by atoms with Gasteiger partial charge in [-0.3, -0.25) is 4.79 Å². The standard InChI is InChI=1S/C15H20N2O2S/c1-9(7-16)8-17-15(18)14-10(2)12-6-11(19-3)4-5-13(12)20-14/h4-6,9H,7-8,16H2,1-3H3,(H,17,18). The van der Waals surface area contributed by atoms with Crippen LogP contribution in [-0.4, -0.2) is 26.1 Å². The third kappa shape index (κ3) is 2.94. The van der Waals surface area contributed by atoms with Gasteiger partial charge in [0.1, 0.15) is 5.75 Å². The number of ether oxygens (including phenoxy) is 1. The summed E-state index contributed by atoms with van der Waals surface area (Å²) in [5.74, 6) is 1.07. The van der Waals surface area contributed by atoms with Crippen molar-refractivity contribution in [3.05, 3.63) is 28.6 Å². The van der Waals surface area contributed by atoms with E-state index in [1.165, 1.54) is 11.3 Å². The van der Waals surface area contributed by atoms with E-state index in [2.05, 4.69) is 5.32 Å². The smallest absolute Gasteiger partial charge is 0.261 e. The van der Waals surface area contributed by atoms with Crippen LogP contribution in [0.4, 0.5) is 0 Å². The molecule has 1 unspecified atom stereocenters. The third-order valence-corrected chi connectivity index (χ3v) is 4.63. The van der Waals surface area contributed by atoms with E-state index in [1.54, 1.807) is 7.11 Å². The fourth-order valence-corrected chi connectivity index (χ4v) is 3.08. The highest BCUT2D eigenvalue weighted by Crippen LogP contribution is 2.33. The van der Waals surface area contributed by atoms with Crippen LogP contribution in [-0.2, 0) is 0 Å². The predicted octanol–water partition coefficient (Wildman–Crippen LogP) is 2.54.